The molecule has 2 heterocycles. The van der Waals surface area contributed by atoms with Crippen LogP contribution in [0.2, 0.25) is 0 Å². The molecule has 2 aromatic heterocycles. The average Bonchev–Trinajstić information content (AvgIpc) is 2.93. The first-order chi connectivity index (χ1) is 9.72. The molecular weight excluding hydrogens is 252 g/mol. The number of pyridine rings is 1. The molecule has 1 aromatic carbocycles. The Morgan fingerprint density at radius 2 is 2.10 bits per heavy atom. The molecule has 4 heteroatoms. The molecule has 3 aromatic rings. The minimum atomic E-state index is -0.0166. The lowest BCUT2D eigenvalue weighted by Crippen LogP contribution is -2.81. The molecule has 0 aliphatic carbocycles. The van der Waals surface area contributed by atoms with Crippen LogP contribution in [0, 0.1) is 6.92 Å². The van der Waals surface area contributed by atoms with Gasteiger partial charge in [0.05, 0.1) is 11.8 Å². The van der Waals surface area contributed by atoms with Crippen LogP contribution < -0.4 is 10.9 Å². The number of nitrogens with one attached hydrogen (secondary N) is 1. The molecule has 3 N–H and O–H groups in total. The number of aromatic nitrogens is 1. The monoisotopic (exact) mass is 269 g/mol. The molecule has 0 radical (unpaired) electrons. The van der Waals surface area contributed by atoms with Gasteiger partial charge in [0.1, 0.15) is 13.1 Å². The van der Waals surface area contributed by atoms with Crippen molar-refractivity contribution in [3.05, 3.63) is 69.9 Å². The van der Waals surface area contributed by atoms with Gasteiger partial charge in [-0.3, -0.25) is 4.79 Å². The number of rotatable bonds is 4. The maximum absolute atomic E-state index is 12.0. The van der Waals surface area contributed by atoms with Gasteiger partial charge in [0.2, 0.25) is 0 Å². The Hall–Kier alpha value is -2.33. The van der Waals surface area contributed by atoms with Crippen molar-refractivity contribution >= 4 is 10.9 Å². The van der Waals surface area contributed by atoms with Crippen LogP contribution in [0.5, 0.6) is 0 Å². The molecule has 4 nitrogen and oxygen atoms in total. The van der Waals surface area contributed by atoms with E-state index in [1.807, 2.05) is 37.3 Å². The normalized spacial score (nSPS) is 11.1. The maximum Gasteiger partial charge on any atom is 0.257 e. The first-order valence-corrected chi connectivity index (χ1v) is 6.69. The summed E-state index contributed by atoms with van der Waals surface area (Å²) >= 11 is 0. The number of H-pyrrole nitrogens is 1. The van der Waals surface area contributed by atoms with E-state index in [1.54, 1.807) is 6.26 Å². The molecule has 102 valence electrons. The number of aromatic amines is 1. The van der Waals surface area contributed by atoms with E-state index in [1.165, 1.54) is 5.56 Å². The van der Waals surface area contributed by atoms with Crippen LogP contribution in [0.15, 0.2) is 51.9 Å². The first kappa shape index (κ1) is 12.7. The number of hydrogen-bond acceptors (Lipinski definition) is 2. The highest BCUT2D eigenvalue weighted by atomic mass is 16.3. The van der Waals surface area contributed by atoms with Gasteiger partial charge in [-0.05, 0) is 42.6 Å². The van der Waals surface area contributed by atoms with Gasteiger partial charge >= 0.3 is 0 Å². The van der Waals surface area contributed by atoms with Gasteiger partial charge in [0, 0.05) is 5.52 Å². The zero-order valence-corrected chi connectivity index (χ0v) is 11.3. The van der Waals surface area contributed by atoms with Crippen LogP contribution in [-0.4, -0.2) is 4.98 Å². The summed E-state index contributed by atoms with van der Waals surface area (Å²) in [6.07, 6.45) is 1.66. The van der Waals surface area contributed by atoms with Crippen molar-refractivity contribution in [1.29, 1.82) is 0 Å². The summed E-state index contributed by atoms with van der Waals surface area (Å²) in [5.41, 5.74) is 2.84. The summed E-state index contributed by atoms with van der Waals surface area (Å²) in [6, 6.07) is 11.8. The Kier molecular flexibility index (Phi) is 3.39. The van der Waals surface area contributed by atoms with E-state index in [9.17, 15) is 4.79 Å². The molecule has 0 amide bonds. The quantitative estimate of drug-likeness (QED) is 0.757. The SMILES string of the molecule is Cc1ccc2[nH]c(=O)c(C[NH2+]Cc3ccco3)cc2c1. The van der Waals surface area contributed by atoms with E-state index < -0.39 is 0 Å². The van der Waals surface area contributed by atoms with Crippen LogP contribution in [0.3, 0.4) is 0 Å². The Morgan fingerprint density at radius 1 is 1.20 bits per heavy atom. The average molecular weight is 269 g/mol. The number of nitrogens with two attached hydrogens (primary N) is 1. The molecule has 0 aliphatic heterocycles. The maximum atomic E-state index is 12.0. The summed E-state index contributed by atoms with van der Waals surface area (Å²) in [4.78, 5) is 14.9. The fourth-order valence-electron chi connectivity index (χ4n) is 2.32. The lowest BCUT2D eigenvalue weighted by Gasteiger charge is -2.03. The third-order valence-electron chi connectivity index (χ3n) is 3.37. The highest BCUT2D eigenvalue weighted by molar-refractivity contribution is 5.79. The second-order valence-electron chi connectivity index (χ2n) is 4.99. The highest BCUT2D eigenvalue weighted by Gasteiger charge is 2.06. The van der Waals surface area contributed by atoms with Crippen LogP contribution in [0.25, 0.3) is 10.9 Å². The van der Waals surface area contributed by atoms with Crippen molar-refractivity contribution in [2.45, 2.75) is 20.0 Å². The Morgan fingerprint density at radius 3 is 2.90 bits per heavy atom. The predicted octanol–water partition coefficient (Wildman–Crippen LogP) is 1.69. The summed E-state index contributed by atoms with van der Waals surface area (Å²) in [5, 5.41) is 3.14. The van der Waals surface area contributed by atoms with Gasteiger partial charge in [0.15, 0.2) is 5.76 Å². The number of aryl methyl sites for hydroxylation is 1. The number of benzene rings is 1. The lowest BCUT2D eigenvalue weighted by molar-refractivity contribution is -0.688. The van der Waals surface area contributed by atoms with E-state index in [0.29, 0.717) is 6.54 Å². The van der Waals surface area contributed by atoms with Gasteiger partial charge in [-0.15, -0.1) is 0 Å². The number of furan rings is 1. The minimum absolute atomic E-state index is 0.0166. The fraction of sp³-hybridized carbons (Fsp3) is 0.188. The smallest absolute Gasteiger partial charge is 0.257 e. The molecule has 0 unspecified atom stereocenters. The van der Waals surface area contributed by atoms with Gasteiger partial charge in [0.25, 0.3) is 5.56 Å². The van der Waals surface area contributed by atoms with Gasteiger partial charge in [-0.2, -0.15) is 0 Å². The molecule has 20 heavy (non-hydrogen) atoms. The minimum Gasteiger partial charge on any atom is -0.463 e. The van der Waals surface area contributed by atoms with Gasteiger partial charge in [-0.25, -0.2) is 0 Å². The molecule has 0 saturated heterocycles. The fourth-order valence-corrected chi connectivity index (χ4v) is 2.32. The van der Waals surface area contributed by atoms with Crippen LogP contribution in [-0.2, 0) is 13.1 Å². The molecule has 0 fully saturated rings. The Labute approximate surface area is 116 Å². The Bertz CT molecular complexity index is 773. The van der Waals surface area contributed by atoms with Crippen molar-refractivity contribution in [3.8, 4) is 0 Å². The third-order valence-corrected chi connectivity index (χ3v) is 3.37. The summed E-state index contributed by atoms with van der Waals surface area (Å²) in [6.45, 7) is 3.42. The van der Waals surface area contributed by atoms with Crippen molar-refractivity contribution < 1.29 is 9.73 Å². The van der Waals surface area contributed by atoms with Crippen LogP contribution in [0.1, 0.15) is 16.9 Å². The molecular formula is C16H17N2O2+. The standard InChI is InChI=1S/C16H16N2O2/c1-11-4-5-15-12(7-11)8-13(16(19)18-15)9-17-10-14-3-2-6-20-14/h2-8,17H,9-10H2,1H3,(H,18,19)/p+1. The molecule has 0 atom stereocenters. The topological polar surface area (TPSA) is 62.6 Å². The van der Waals surface area contributed by atoms with E-state index in [2.05, 4.69) is 16.4 Å². The molecule has 0 spiro atoms. The van der Waals surface area contributed by atoms with Gasteiger partial charge in [-0.1, -0.05) is 11.6 Å². The van der Waals surface area contributed by atoms with Crippen LogP contribution in [0.4, 0.5) is 0 Å². The zero-order chi connectivity index (χ0) is 13.9. The van der Waals surface area contributed by atoms with Gasteiger partial charge < -0.3 is 14.7 Å². The number of quaternary nitrogens is 1. The second kappa shape index (κ2) is 5.35. The Balaban J connectivity index is 1.80. The molecule has 0 aliphatic rings. The summed E-state index contributed by atoms with van der Waals surface area (Å²) in [5.74, 6) is 0.915. The summed E-state index contributed by atoms with van der Waals surface area (Å²) < 4.78 is 5.27. The van der Waals surface area contributed by atoms with Crippen LogP contribution >= 0.6 is 0 Å². The first-order valence-electron chi connectivity index (χ1n) is 6.69. The molecule has 3 rings (SSSR count). The van der Waals surface area contributed by atoms with Crippen molar-refractivity contribution in [2.75, 3.05) is 0 Å². The van der Waals surface area contributed by atoms with E-state index in [0.717, 1.165) is 28.8 Å². The zero-order valence-electron chi connectivity index (χ0n) is 11.3. The second-order valence-corrected chi connectivity index (χ2v) is 4.99. The van der Waals surface area contributed by atoms with Crippen molar-refractivity contribution in [3.63, 3.8) is 0 Å². The number of fused-ring (bicyclic) bond motifs is 1. The lowest BCUT2D eigenvalue weighted by atomic mass is 10.1. The van der Waals surface area contributed by atoms with E-state index >= 15 is 0 Å². The largest absolute Gasteiger partial charge is 0.463 e. The summed E-state index contributed by atoms with van der Waals surface area (Å²) in [7, 11) is 0. The van der Waals surface area contributed by atoms with Crippen molar-refractivity contribution in [2.24, 2.45) is 0 Å². The predicted molar refractivity (Wildman–Crippen MR) is 77.3 cm³/mol. The van der Waals surface area contributed by atoms with Crippen molar-refractivity contribution in [1.82, 2.24) is 4.98 Å². The van der Waals surface area contributed by atoms with E-state index in [-0.39, 0.29) is 5.56 Å². The molecule has 0 saturated carbocycles. The number of hydrogen-bond donors (Lipinski definition) is 2. The highest BCUT2D eigenvalue weighted by Crippen LogP contribution is 2.12. The third kappa shape index (κ3) is 2.65. The van der Waals surface area contributed by atoms with E-state index in [4.69, 9.17) is 4.42 Å². The molecule has 0 bridgehead atoms.